The molecule has 0 saturated carbocycles. The summed E-state index contributed by atoms with van der Waals surface area (Å²) < 4.78 is 5.14. The van der Waals surface area contributed by atoms with Crippen molar-refractivity contribution in [2.75, 3.05) is 7.11 Å². The van der Waals surface area contributed by atoms with Crippen LogP contribution in [0.15, 0.2) is 72.8 Å². The van der Waals surface area contributed by atoms with E-state index in [2.05, 4.69) is 0 Å². The van der Waals surface area contributed by atoms with Crippen molar-refractivity contribution in [3.63, 3.8) is 0 Å². The number of Topliss-reactive ketones (excluding diaryl/α,β-unsaturated/α-hetero) is 1. The van der Waals surface area contributed by atoms with Crippen LogP contribution in [0.4, 0.5) is 0 Å². The first-order chi connectivity index (χ1) is 14.0. The summed E-state index contributed by atoms with van der Waals surface area (Å²) in [5, 5.41) is 0.364. The second kappa shape index (κ2) is 9.97. The van der Waals surface area contributed by atoms with Crippen LogP contribution in [0.25, 0.3) is 0 Å². The zero-order valence-electron chi connectivity index (χ0n) is 15.6. The smallest absolute Gasteiger partial charge is 0.219 e. The Bertz CT molecular complexity index is 1000. The highest BCUT2D eigenvalue weighted by Crippen LogP contribution is 2.39. The van der Waals surface area contributed by atoms with E-state index in [-0.39, 0.29) is 17.3 Å². The predicted octanol–water partition coefficient (Wildman–Crippen LogP) is 6.89. The molecule has 0 aromatic heterocycles. The highest BCUT2D eigenvalue weighted by Gasteiger charge is 2.24. The van der Waals surface area contributed by atoms with Gasteiger partial charge in [-0.15, -0.1) is 0 Å². The van der Waals surface area contributed by atoms with Crippen molar-refractivity contribution in [3.8, 4) is 5.75 Å². The summed E-state index contributed by atoms with van der Waals surface area (Å²) in [6, 6.07) is 21.0. The number of thioether (sulfide) groups is 1. The monoisotopic (exact) mass is 444 g/mol. The lowest BCUT2D eigenvalue weighted by atomic mass is 10.0. The van der Waals surface area contributed by atoms with E-state index in [1.54, 1.807) is 73.8 Å². The number of carbonyl (C=O) groups excluding carboxylic acids is 2. The van der Waals surface area contributed by atoms with Gasteiger partial charge in [0, 0.05) is 32.8 Å². The van der Waals surface area contributed by atoms with Gasteiger partial charge in [-0.2, -0.15) is 0 Å². The molecule has 3 aromatic carbocycles. The van der Waals surface area contributed by atoms with Gasteiger partial charge < -0.3 is 4.74 Å². The Kier molecular flexibility index (Phi) is 7.37. The van der Waals surface area contributed by atoms with Crippen LogP contribution in [-0.2, 0) is 0 Å². The maximum atomic E-state index is 12.9. The molecule has 0 bridgehead atoms. The third-order valence-corrected chi connectivity index (χ3v) is 6.07. The van der Waals surface area contributed by atoms with Gasteiger partial charge in [0.2, 0.25) is 5.12 Å². The number of carbonyl (C=O) groups is 2. The minimum Gasteiger partial charge on any atom is -0.497 e. The maximum absolute atomic E-state index is 12.9. The molecule has 0 radical (unpaired) electrons. The molecule has 0 aliphatic heterocycles. The topological polar surface area (TPSA) is 43.4 Å². The molecule has 0 aliphatic carbocycles. The minimum absolute atomic E-state index is 0.0861. The van der Waals surface area contributed by atoms with E-state index in [0.29, 0.717) is 32.5 Å². The fourth-order valence-electron chi connectivity index (χ4n) is 2.81. The lowest BCUT2D eigenvalue weighted by Crippen LogP contribution is -2.08. The standard InChI is InChI=1S/C23H18Cl2O3S/c1-28-18-10-7-15(8-11-18)21(26)14-22(19-12-9-17(24)13-20(19)25)29-23(27)16-5-3-2-4-6-16/h2-13,22H,14H2,1H3. The van der Waals surface area contributed by atoms with Gasteiger partial charge in [-0.25, -0.2) is 0 Å². The average Bonchev–Trinajstić information content (AvgIpc) is 2.74. The number of rotatable bonds is 7. The third-order valence-electron chi connectivity index (χ3n) is 4.35. The number of benzene rings is 3. The molecule has 29 heavy (non-hydrogen) atoms. The molecule has 1 unspecified atom stereocenters. The number of ketones is 1. The quantitative estimate of drug-likeness (QED) is 0.372. The van der Waals surface area contributed by atoms with Crippen LogP contribution >= 0.6 is 35.0 Å². The fraction of sp³-hybridized carbons (Fsp3) is 0.130. The Hall–Kier alpha value is -2.27. The van der Waals surface area contributed by atoms with Crippen molar-refractivity contribution in [3.05, 3.63) is 99.5 Å². The van der Waals surface area contributed by atoms with Gasteiger partial charge in [0.25, 0.3) is 0 Å². The molecule has 0 aliphatic rings. The van der Waals surface area contributed by atoms with Crippen LogP contribution in [0, 0.1) is 0 Å². The van der Waals surface area contributed by atoms with Crippen LogP contribution in [0.2, 0.25) is 10.0 Å². The van der Waals surface area contributed by atoms with E-state index >= 15 is 0 Å². The molecule has 0 saturated heterocycles. The molecule has 0 N–H and O–H groups in total. The first kappa shape index (κ1) is 21.4. The normalized spacial score (nSPS) is 11.7. The number of halogens is 2. The summed E-state index contributed by atoms with van der Waals surface area (Å²) >= 11 is 13.5. The van der Waals surface area contributed by atoms with Gasteiger partial charge in [0.1, 0.15) is 5.75 Å². The molecule has 0 heterocycles. The summed E-state index contributed by atoms with van der Waals surface area (Å²) in [5.74, 6) is 0.588. The van der Waals surface area contributed by atoms with Gasteiger partial charge in [-0.3, -0.25) is 9.59 Å². The van der Waals surface area contributed by atoms with Crippen molar-refractivity contribution in [1.29, 1.82) is 0 Å². The second-order valence-corrected chi connectivity index (χ2v) is 8.30. The third kappa shape index (κ3) is 5.63. The van der Waals surface area contributed by atoms with Crippen molar-refractivity contribution in [2.45, 2.75) is 11.7 Å². The highest BCUT2D eigenvalue weighted by molar-refractivity contribution is 8.14. The zero-order chi connectivity index (χ0) is 20.8. The van der Waals surface area contributed by atoms with E-state index in [4.69, 9.17) is 27.9 Å². The Labute approximate surface area is 184 Å². The van der Waals surface area contributed by atoms with E-state index in [1.807, 2.05) is 6.07 Å². The predicted molar refractivity (Wildman–Crippen MR) is 120 cm³/mol. The molecule has 3 aromatic rings. The Morgan fingerprint density at radius 2 is 1.62 bits per heavy atom. The number of hydrogen-bond acceptors (Lipinski definition) is 4. The van der Waals surface area contributed by atoms with Crippen molar-refractivity contribution in [2.24, 2.45) is 0 Å². The highest BCUT2D eigenvalue weighted by atomic mass is 35.5. The summed E-state index contributed by atoms with van der Waals surface area (Å²) in [7, 11) is 1.57. The summed E-state index contributed by atoms with van der Waals surface area (Å²) in [5.41, 5.74) is 1.82. The van der Waals surface area contributed by atoms with Crippen LogP contribution in [0.5, 0.6) is 5.75 Å². The molecular formula is C23H18Cl2O3S. The Balaban J connectivity index is 1.87. The van der Waals surface area contributed by atoms with Crippen LogP contribution in [0.1, 0.15) is 38.0 Å². The fourth-order valence-corrected chi connectivity index (χ4v) is 4.52. The summed E-state index contributed by atoms with van der Waals surface area (Å²) in [6.45, 7) is 0. The van der Waals surface area contributed by atoms with Crippen LogP contribution < -0.4 is 4.74 Å². The van der Waals surface area contributed by atoms with Gasteiger partial charge in [0.15, 0.2) is 5.78 Å². The molecule has 6 heteroatoms. The van der Waals surface area contributed by atoms with E-state index in [9.17, 15) is 9.59 Å². The Morgan fingerprint density at radius 3 is 2.24 bits per heavy atom. The molecule has 0 fully saturated rings. The van der Waals surface area contributed by atoms with E-state index in [0.717, 1.165) is 11.8 Å². The molecule has 1 atom stereocenters. The van der Waals surface area contributed by atoms with Crippen molar-refractivity contribution in [1.82, 2.24) is 0 Å². The average molecular weight is 445 g/mol. The zero-order valence-corrected chi connectivity index (χ0v) is 17.9. The molecular weight excluding hydrogens is 427 g/mol. The Morgan fingerprint density at radius 1 is 0.931 bits per heavy atom. The van der Waals surface area contributed by atoms with Gasteiger partial charge in [-0.1, -0.05) is 71.4 Å². The number of methoxy groups -OCH3 is 1. The summed E-state index contributed by atoms with van der Waals surface area (Å²) in [6.07, 6.45) is 0.122. The molecule has 0 amide bonds. The van der Waals surface area contributed by atoms with Gasteiger partial charge in [-0.05, 0) is 42.0 Å². The largest absolute Gasteiger partial charge is 0.497 e. The van der Waals surface area contributed by atoms with E-state index in [1.165, 1.54) is 0 Å². The first-order valence-corrected chi connectivity index (χ1v) is 10.5. The van der Waals surface area contributed by atoms with Crippen LogP contribution in [-0.4, -0.2) is 18.0 Å². The SMILES string of the molecule is COc1ccc(C(=O)CC(SC(=O)c2ccccc2)c2ccc(Cl)cc2Cl)cc1. The van der Waals surface area contributed by atoms with Crippen molar-refractivity contribution < 1.29 is 14.3 Å². The maximum Gasteiger partial charge on any atom is 0.219 e. The number of hydrogen-bond donors (Lipinski definition) is 0. The van der Waals surface area contributed by atoms with E-state index < -0.39 is 5.25 Å². The lowest BCUT2D eigenvalue weighted by molar-refractivity contribution is 0.0982. The minimum atomic E-state index is -0.443. The molecule has 3 nitrogen and oxygen atoms in total. The molecule has 148 valence electrons. The molecule has 0 spiro atoms. The van der Waals surface area contributed by atoms with Crippen LogP contribution in [0.3, 0.4) is 0 Å². The van der Waals surface area contributed by atoms with Crippen molar-refractivity contribution >= 4 is 45.9 Å². The molecule has 3 rings (SSSR count). The second-order valence-electron chi connectivity index (χ2n) is 6.28. The van der Waals surface area contributed by atoms with Gasteiger partial charge >= 0.3 is 0 Å². The number of ether oxygens (including phenoxy) is 1. The summed E-state index contributed by atoms with van der Waals surface area (Å²) in [4.78, 5) is 25.7. The van der Waals surface area contributed by atoms with Gasteiger partial charge in [0.05, 0.1) is 7.11 Å². The lowest BCUT2D eigenvalue weighted by Gasteiger charge is -2.17. The first-order valence-electron chi connectivity index (χ1n) is 8.86.